The summed E-state index contributed by atoms with van der Waals surface area (Å²) in [6, 6.07) is 6.32. The fourth-order valence-electron chi connectivity index (χ4n) is 4.70. The Balaban J connectivity index is 1.69. The minimum atomic E-state index is -0.968. The Kier molecular flexibility index (Phi) is 10.2. The van der Waals surface area contributed by atoms with Gasteiger partial charge in [0.2, 0.25) is 11.8 Å². The summed E-state index contributed by atoms with van der Waals surface area (Å²) in [4.78, 5) is 58.3. The van der Waals surface area contributed by atoms with Crippen molar-refractivity contribution in [1.29, 1.82) is 0 Å². The van der Waals surface area contributed by atoms with Gasteiger partial charge < -0.3 is 25.0 Å². The molecule has 0 bridgehead atoms. The van der Waals surface area contributed by atoms with E-state index in [9.17, 15) is 19.2 Å². The molecule has 3 atom stereocenters. The molecule has 0 radical (unpaired) electrons. The van der Waals surface area contributed by atoms with Crippen LogP contribution in [0.5, 0.6) is 0 Å². The highest BCUT2D eigenvalue weighted by molar-refractivity contribution is 7.13. The Morgan fingerprint density at radius 2 is 1.76 bits per heavy atom. The van der Waals surface area contributed by atoms with Crippen LogP contribution in [0.15, 0.2) is 29.8 Å². The number of rotatable bonds is 8. The average molecular weight is 587 g/mol. The van der Waals surface area contributed by atoms with Gasteiger partial charge in [-0.3, -0.25) is 14.4 Å². The van der Waals surface area contributed by atoms with Gasteiger partial charge in [-0.05, 0) is 50.7 Å². The zero-order valence-electron chi connectivity index (χ0n) is 25.2. The minimum absolute atomic E-state index is 0.0531. The third kappa shape index (κ3) is 9.01. The first kappa shape index (κ1) is 32.0. The standard InChI is InChI=1S/C30H42N4O6S/c1-18-24(41-17-32-18)21-11-9-20(10-12-21)13-14-31-26(36)23-15-22(39-19(2)35)16-34(23)27(37)25(29(3,4)5)33-28(38)40-30(6,7)8/h9-12,17,22-23,25H,13-16H2,1-8H3,(H,31,36)(H,33,38)/t22-,23-,25+/m0/s1. The number of ether oxygens (including phenoxy) is 2. The van der Waals surface area contributed by atoms with Crippen molar-refractivity contribution in [1.82, 2.24) is 20.5 Å². The molecule has 41 heavy (non-hydrogen) atoms. The van der Waals surface area contributed by atoms with Gasteiger partial charge in [0, 0.05) is 19.9 Å². The number of carbonyl (C=O) groups is 4. The van der Waals surface area contributed by atoms with E-state index in [2.05, 4.69) is 15.6 Å². The van der Waals surface area contributed by atoms with Crippen LogP contribution in [-0.4, -0.2) is 70.6 Å². The summed E-state index contributed by atoms with van der Waals surface area (Å²) >= 11 is 1.60. The Hall–Kier alpha value is -3.47. The SMILES string of the molecule is CC(=O)O[C@H]1C[C@@H](C(=O)NCCc2ccc(-c3scnc3C)cc2)N(C(=O)[C@@H](NC(=O)OC(C)(C)C)C(C)(C)C)C1. The summed E-state index contributed by atoms with van der Waals surface area (Å²) in [5.41, 5.74) is 3.55. The lowest BCUT2D eigenvalue weighted by molar-refractivity contribution is -0.147. The number of alkyl carbamates (subject to hydrolysis) is 1. The van der Waals surface area contributed by atoms with E-state index >= 15 is 0 Å². The van der Waals surface area contributed by atoms with Crippen LogP contribution in [0.1, 0.15) is 66.1 Å². The third-order valence-corrected chi connectivity index (χ3v) is 7.61. The predicted molar refractivity (Wildman–Crippen MR) is 157 cm³/mol. The molecule has 0 saturated carbocycles. The van der Waals surface area contributed by atoms with Gasteiger partial charge in [-0.2, -0.15) is 0 Å². The van der Waals surface area contributed by atoms with Gasteiger partial charge in [0.25, 0.3) is 0 Å². The fraction of sp³-hybridized carbons (Fsp3) is 0.567. The second-order valence-electron chi connectivity index (χ2n) is 12.4. The molecule has 0 spiro atoms. The van der Waals surface area contributed by atoms with E-state index < -0.39 is 47.2 Å². The molecule has 10 nitrogen and oxygen atoms in total. The number of amides is 3. The second-order valence-corrected chi connectivity index (χ2v) is 13.3. The number of esters is 1. The minimum Gasteiger partial charge on any atom is -0.461 e. The highest BCUT2D eigenvalue weighted by atomic mass is 32.1. The molecule has 1 saturated heterocycles. The first-order valence-electron chi connectivity index (χ1n) is 13.8. The molecule has 3 amide bonds. The molecular formula is C30H42N4O6S. The molecular weight excluding hydrogens is 544 g/mol. The van der Waals surface area contributed by atoms with Crippen LogP contribution in [0.4, 0.5) is 4.79 Å². The lowest BCUT2D eigenvalue weighted by atomic mass is 9.85. The smallest absolute Gasteiger partial charge is 0.408 e. The van der Waals surface area contributed by atoms with Crippen molar-refractivity contribution < 1.29 is 28.7 Å². The van der Waals surface area contributed by atoms with Crippen molar-refractivity contribution in [2.75, 3.05) is 13.1 Å². The van der Waals surface area contributed by atoms with E-state index in [1.54, 1.807) is 32.1 Å². The van der Waals surface area contributed by atoms with Crippen LogP contribution < -0.4 is 10.6 Å². The molecule has 11 heteroatoms. The molecule has 0 unspecified atom stereocenters. The number of aryl methyl sites for hydroxylation is 1. The van der Waals surface area contributed by atoms with E-state index in [0.717, 1.165) is 21.7 Å². The number of nitrogens with one attached hydrogen (secondary N) is 2. The maximum absolute atomic E-state index is 13.8. The third-order valence-electron chi connectivity index (χ3n) is 6.63. The first-order valence-corrected chi connectivity index (χ1v) is 14.7. The molecule has 1 aromatic heterocycles. The Labute approximate surface area is 246 Å². The molecule has 1 aliphatic rings. The van der Waals surface area contributed by atoms with Gasteiger partial charge in [-0.1, -0.05) is 45.0 Å². The van der Waals surface area contributed by atoms with Gasteiger partial charge in [0.05, 0.1) is 22.6 Å². The Bertz CT molecular complexity index is 1240. The van der Waals surface area contributed by atoms with Crippen LogP contribution in [0, 0.1) is 12.3 Å². The fourth-order valence-corrected chi connectivity index (χ4v) is 5.51. The van der Waals surface area contributed by atoms with Crippen molar-refractivity contribution in [3.63, 3.8) is 0 Å². The Morgan fingerprint density at radius 1 is 1.10 bits per heavy atom. The maximum Gasteiger partial charge on any atom is 0.408 e. The summed E-state index contributed by atoms with van der Waals surface area (Å²) in [7, 11) is 0. The van der Waals surface area contributed by atoms with Gasteiger partial charge in [-0.15, -0.1) is 11.3 Å². The molecule has 2 N–H and O–H groups in total. The van der Waals surface area contributed by atoms with E-state index in [1.165, 1.54) is 11.8 Å². The highest BCUT2D eigenvalue weighted by Crippen LogP contribution is 2.29. The molecule has 2 heterocycles. The van der Waals surface area contributed by atoms with E-state index in [4.69, 9.17) is 9.47 Å². The molecule has 3 rings (SSSR count). The normalized spacial score (nSPS) is 18.0. The topological polar surface area (TPSA) is 127 Å². The number of carbonyl (C=O) groups excluding carboxylic acids is 4. The van der Waals surface area contributed by atoms with E-state index in [1.807, 2.05) is 57.5 Å². The van der Waals surface area contributed by atoms with E-state index in [-0.39, 0.29) is 18.9 Å². The number of thiazole rings is 1. The number of hydrogen-bond donors (Lipinski definition) is 2. The lowest BCUT2D eigenvalue weighted by Gasteiger charge is -2.35. The van der Waals surface area contributed by atoms with Crippen molar-refractivity contribution in [3.8, 4) is 10.4 Å². The van der Waals surface area contributed by atoms with Crippen molar-refractivity contribution in [3.05, 3.63) is 41.0 Å². The molecule has 2 aromatic rings. The van der Waals surface area contributed by atoms with Gasteiger partial charge in [0.15, 0.2) is 0 Å². The van der Waals surface area contributed by atoms with Crippen LogP contribution in [0.2, 0.25) is 0 Å². The number of benzene rings is 1. The highest BCUT2D eigenvalue weighted by Gasteiger charge is 2.46. The molecule has 0 aliphatic carbocycles. The van der Waals surface area contributed by atoms with Crippen LogP contribution in [0.25, 0.3) is 10.4 Å². The van der Waals surface area contributed by atoms with Crippen molar-refractivity contribution in [2.45, 2.75) is 92.0 Å². The molecule has 1 fully saturated rings. The average Bonchev–Trinajstić information content (AvgIpc) is 3.46. The molecule has 224 valence electrons. The maximum atomic E-state index is 13.8. The monoisotopic (exact) mass is 586 g/mol. The van der Waals surface area contributed by atoms with Crippen LogP contribution in [0.3, 0.4) is 0 Å². The van der Waals surface area contributed by atoms with Crippen molar-refractivity contribution in [2.24, 2.45) is 5.41 Å². The first-order chi connectivity index (χ1) is 19.0. The molecule has 1 aromatic carbocycles. The van der Waals surface area contributed by atoms with Gasteiger partial charge in [0.1, 0.15) is 23.8 Å². The zero-order valence-corrected chi connectivity index (χ0v) is 26.0. The zero-order chi connectivity index (χ0) is 30.5. The summed E-state index contributed by atoms with van der Waals surface area (Å²) in [6.07, 6.45) is -0.577. The quantitative estimate of drug-likeness (QED) is 0.443. The van der Waals surface area contributed by atoms with E-state index in [0.29, 0.717) is 13.0 Å². The summed E-state index contributed by atoms with van der Waals surface area (Å²) in [5.74, 6) is -1.26. The van der Waals surface area contributed by atoms with Gasteiger partial charge in [-0.25, -0.2) is 9.78 Å². The summed E-state index contributed by atoms with van der Waals surface area (Å²) in [5, 5.41) is 5.63. The predicted octanol–water partition coefficient (Wildman–Crippen LogP) is 4.25. The number of hydrogen-bond acceptors (Lipinski definition) is 8. The van der Waals surface area contributed by atoms with Crippen LogP contribution in [-0.2, 0) is 30.3 Å². The van der Waals surface area contributed by atoms with Crippen molar-refractivity contribution >= 4 is 35.2 Å². The number of aromatic nitrogens is 1. The number of likely N-dealkylation sites (tertiary alicyclic amines) is 1. The van der Waals surface area contributed by atoms with Crippen LogP contribution >= 0.6 is 11.3 Å². The largest absolute Gasteiger partial charge is 0.461 e. The summed E-state index contributed by atoms with van der Waals surface area (Å²) < 4.78 is 10.8. The lowest BCUT2D eigenvalue weighted by Crippen LogP contribution is -2.58. The van der Waals surface area contributed by atoms with Gasteiger partial charge >= 0.3 is 12.1 Å². The summed E-state index contributed by atoms with van der Waals surface area (Å²) in [6.45, 7) is 14.4. The number of nitrogens with zero attached hydrogens (tertiary/aromatic N) is 2. The molecule has 1 aliphatic heterocycles. The Morgan fingerprint density at radius 3 is 2.29 bits per heavy atom. The second kappa shape index (κ2) is 13.0.